The molecule has 0 aliphatic heterocycles. The van der Waals surface area contributed by atoms with Gasteiger partial charge >= 0.3 is 29.6 Å². The quantitative estimate of drug-likeness (QED) is 0.0179. The Kier molecular flexibility index (Phi) is 53.3. The predicted octanol–water partition coefficient (Wildman–Crippen LogP) is 14.4. The van der Waals surface area contributed by atoms with E-state index in [1.54, 1.807) is 36.4 Å². The number of nitrogens with zero attached hydrogens (tertiary/aromatic N) is 8. The van der Waals surface area contributed by atoms with Gasteiger partial charge in [-0.3, -0.25) is 35.0 Å². The van der Waals surface area contributed by atoms with Crippen LogP contribution in [0, 0.1) is 102 Å². The molecule has 1 radical (unpaired) electrons. The molecule has 0 bridgehead atoms. The molecule has 0 fully saturated rings. The fraction of sp³-hybridized carbons (Fsp3) is 0. The zero-order valence-corrected chi connectivity index (χ0v) is 79.1. The molecule has 0 aromatic heterocycles. The van der Waals surface area contributed by atoms with Crippen molar-refractivity contribution in [3.05, 3.63) is 563 Å². The van der Waals surface area contributed by atoms with Crippen molar-refractivity contribution >= 4 is 144 Å². The van der Waals surface area contributed by atoms with Crippen LogP contribution in [0.5, 0.6) is 0 Å². The Morgan fingerprint density at radius 2 is 0.385 bits per heavy atom. The van der Waals surface area contributed by atoms with E-state index in [4.69, 9.17) is 77.1 Å². The third-order valence-corrected chi connectivity index (χ3v) is 33.9. The second kappa shape index (κ2) is 61.8. The number of hydrogen-bond donors (Lipinski definition) is 3. The van der Waals surface area contributed by atoms with Gasteiger partial charge in [-0.2, -0.15) is 0 Å². The summed E-state index contributed by atoms with van der Waals surface area (Å²) in [7, 11) is -6.89. The first-order valence-electron chi connectivity index (χ1n) is 38.4. The number of non-ortho nitro benzene ring substituents is 3. The van der Waals surface area contributed by atoms with E-state index in [-0.39, 0.29) is 108 Å². The first-order valence-corrected chi connectivity index (χ1v) is 45.1. The maximum atomic E-state index is 13.7. The summed E-state index contributed by atoms with van der Waals surface area (Å²) in [6.45, 7) is 0. The summed E-state index contributed by atoms with van der Waals surface area (Å²) in [5.41, 5.74) is 6.12. The van der Waals surface area contributed by atoms with Crippen LogP contribution in [-0.4, -0.2) is 40.3 Å². The van der Waals surface area contributed by atoms with Crippen molar-refractivity contribution in [2.45, 2.75) is 0 Å². The van der Waals surface area contributed by atoms with Gasteiger partial charge in [0.15, 0.2) is 0 Å². The zero-order valence-electron chi connectivity index (χ0n) is 71.2. The molecule has 30 nitrogen and oxygen atoms in total. The molecule has 16 aromatic rings. The van der Waals surface area contributed by atoms with Gasteiger partial charge in [0.05, 0.1) is 30.0 Å². The molecule has 0 aliphatic carbocycles. The Morgan fingerprint density at radius 3 is 0.526 bits per heavy atom. The number of hydrogen-bond acceptors (Lipinski definition) is 22. The van der Waals surface area contributed by atoms with Crippen LogP contribution in [0.15, 0.2) is 466 Å². The molecule has 0 aliphatic rings. The van der Waals surface area contributed by atoms with Crippen LogP contribution < -0.4 is 121 Å². The van der Waals surface area contributed by atoms with Gasteiger partial charge < -0.3 is 73.2 Å². The maximum Gasteiger partial charge on any atom is 1.00 e. The van der Waals surface area contributed by atoms with Gasteiger partial charge in [0.1, 0.15) is 91.3 Å². The van der Waals surface area contributed by atoms with Gasteiger partial charge in [-0.1, -0.05) is 255 Å². The fourth-order valence-corrected chi connectivity index (χ4v) is 28.6. The van der Waals surface area contributed by atoms with Crippen molar-refractivity contribution < 1.29 is 101 Å². The summed E-state index contributed by atoms with van der Waals surface area (Å²) in [6.07, 6.45) is 0. The largest absolute Gasteiger partial charge is 1.00 e. The molecule has 0 atom stereocenters. The Bertz CT molecular complexity index is 5530. The minimum atomic E-state index is -2.18. The SMILES string of the molecule is Cl.N.Nc1ccc([N+](=O)[O-])cc1.O=N[O-].O=[N+]([O-])O.O=[N+]([O-])[O-].O=[N+]([O-])[O-].O=[N+]([O-])[O-].O=[N+]([O-])c1ccc([P+](c2ccccc2)(c2ccccc2)c2ccccc2)cc1.O=[N+]([O-])c1ccc([P+](c2ccccc2)(c2ccccc2)c2ccccc2)cc1.[18FH].[18F]c1ccc([P+](c2ccccc2)(c2ccccc2)c2ccccc2)cc1.[Ag].[Na+].c1ccc(P(c2ccccc2)c2ccccc2)cc1. The van der Waals surface area contributed by atoms with Crippen molar-refractivity contribution in [1.82, 2.24) is 6.15 Å². The monoisotopic (exact) mass is 2020 g/mol. The molecule has 16 rings (SSSR count). The summed E-state index contributed by atoms with van der Waals surface area (Å²) in [6, 6.07) is 154. The molecular formula is C96H84AgClF2N10NaO20P4. The van der Waals surface area contributed by atoms with Crippen LogP contribution in [0.3, 0.4) is 0 Å². The first kappa shape index (κ1) is 116. The van der Waals surface area contributed by atoms with E-state index in [1.165, 1.54) is 87.9 Å². The van der Waals surface area contributed by atoms with Crippen LogP contribution in [0.25, 0.3) is 0 Å². The van der Waals surface area contributed by atoms with Crippen molar-refractivity contribution in [2.75, 3.05) is 5.73 Å². The fourth-order valence-electron chi connectivity index (χ4n) is 13.6. The summed E-state index contributed by atoms with van der Waals surface area (Å²) < 4.78 is 13.7. The van der Waals surface area contributed by atoms with Crippen LogP contribution in [0.2, 0.25) is 0 Å². The summed E-state index contributed by atoms with van der Waals surface area (Å²) in [5, 5.41) is 118. The van der Waals surface area contributed by atoms with Gasteiger partial charge in [-0.05, 0) is 194 Å². The van der Waals surface area contributed by atoms with E-state index < -0.39 is 55.0 Å². The molecule has 0 heterocycles. The zero-order chi connectivity index (χ0) is 94.1. The average Bonchev–Trinajstić information content (AvgIpc) is 0.744. The Labute approximate surface area is 820 Å². The minimum Gasteiger partial charge on any atom is -0.444 e. The molecule has 0 saturated carbocycles. The average molecular weight is 2020 g/mol. The Morgan fingerprint density at radius 1 is 0.267 bits per heavy atom. The van der Waals surface area contributed by atoms with E-state index >= 15 is 0 Å². The van der Waals surface area contributed by atoms with Crippen molar-refractivity contribution in [2.24, 2.45) is 5.34 Å². The molecule has 0 amide bonds. The maximum absolute atomic E-state index is 13.7. The van der Waals surface area contributed by atoms with E-state index in [0.29, 0.717) is 5.69 Å². The number of nitrogens with two attached hydrogens (primary N) is 1. The Balaban J connectivity index is 0.000000550. The molecule has 0 unspecified atom stereocenters. The number of halogens is 3. The minimum absolute atomic E-state index is 0. The van der Waals surface area contributed by atoms with E-state index in [2.05, 4.69) is 309 Å². The molecule has 135 heavy (non-hydrogen) atoms. The van der Waals surface area contributed by atoms with E-state index in [0.717, 1.165) is 21.3 Å². The number of nitro benzene ring substituents is 3. The van der Waals surface area contributed by atoms with Gasteiger partial charge in [-0.25, -0.2) is 4.39 Å². The third kappa shape index (κ3) is 34.8. The smallest absolute Gasteiger partial charge is 0.444 e. The summed E-state index contributed by atoms with van der Waals surface area (Å²) in [5.74, 6) is -0.207. The normalized spacial score (nSPS) is 9.76. The number of rotatable bonds is 18. The number of nitro groups is 3. The molecule has 6 N–H and O–H groups in total. The number of nitrogen functional groups attached to an aromatic ring is 1. The van der Waals surface area contributed by atoms with Crippen LogP contribution in [-0.2, 0) is 22.4 Å². The standard InChI is InChI=1S/C24H19FP.2C24H19NO2P.C18H15P.C6H6N2O2.Ag.ClH.FH.HNO3.3NO3.HNO2.H3N.Na/c25-20-16-18-24(19-17-20)26(21-10-4-1-5-11-21,22-12-6-2-7-13-22)23-14-8-3-9-15-23;2*26-25(27)20-16-18-24(19-17-20)28(21-10-4-1-5-11-21,22-12-6-2-7-13-22)23-14-8-3-9-15-23;1-4-10-16(11-5-1)19(17-12-6-2-7-13-17)18-14-8-3-9-15-18;7-5-1-3-6(4-2-5)8(9)10;;;;4*2-1(3)4;2-1-3;;/h1-19H;2*1-19H;1-15H;1-4H,7H2;;2*1H;(H,2,3,4);;;;(H,2,3);1H3;/q3*+1;;;;;;;3*-1;;;+1/p-1/i25-1;;;;;;;1-1;;;;;;;. The number of anilines is 1. The van der Waals surface area contributed by atoms with E-state index in [9.17, 15) is 34.7 Å². The van der Waals surface area contributed by atoms with Gasteiger partial charge in [0.2, 0.25) is 0 Å². The van der Waals surface area contributed by atoms with E-state index in [1.807, 2.05) is 91.0 Å². The van der Waals surface area contributed by atoms with Crippen molar-refractivity contribution in [3.8, 4) is 0 Å². The second-order valence-electron chi connectivity index (χ2n) is 26.2. The van der Waals surface area contributed by atoms with Crippen molar-refractivity contribution in [1.29, 1.82) is 0 Å². The van der Waals surface area contributed by atoms with Gasteiger partial charge in [0.25, 0.3) is 22.1 Å². The molecule has 16 aromatic carbocycles. The Hall–Kier alpha value is -14.7. The van der Waals surface area contributed by atoms with Crippen LogP contribution in [0.4, 0.5) is 31.8 Å². The van der Waals surface area contributed by atoms with Gasteiger partial charge in [0, 0.05) is 64.5 Å². The summed E-state index contributed by atoms with van der Waals surface area (Å²) in [4.78, 5) is 72.4. The van der Waals surface area contributed by atoms with Crippen LogP contribution in [0.1, 0.15) is 0 Å². The molecule has 0 spiro atoms. The first-order chi connectivity index (χ1) is 62.8. The van der Waals surface area contributed by atoms with Gasteiger partial charge in [-0.15, -0.1) is 27.9 Å². The molecular weight excluding hydrogens is 1940 g/mol. The predicted molar refractivity (Wildman–Crippen MR) is 533 cm³/mol. The third-order valence-electron chi connectivity index (χ3n) is 18.5. The second-order valence-corrected chi connectivity index (χ2v) is 38.7. The summed E-state index contributed by atoms with van der Waals surface area (Å²) >= 11 is 0. The molecule has 691 valence electrons. The van der Waals surface area contributed by atoms with Crippen molar-refractivity contribution in [3.63, 3.8) is 0 Å². The number of benzene rings is 16. The van der Waals surface area contributed by atoms with Crippen LogP contribution >= 0.6 is 42.1 Å². The molecule has 0 saturated heterocycles. The topological polar surface area (TPSA) is 505 Å². The molecule has 39 heteroatoms.